The second-order valence-corrected chi connectivity index (χ2v) is 12.1. The predicted octanol–water partition coefficient (Wildman–Crippen LogP) is 9.10. The third kappa shape index (κ3) is 9.48. The summed E-state index contributed by atoms with van der Waals surface area (Å²) in [5.74, 6) is 0.826. The van der Waals surface area contributed by atoms with Crippen LogP contribution in [-0.2, 0) is 30.5 Å². The van der Waals surface area contributed by atoms with Crippen molar-refractivity contribution < 1.29 is 9.18 Å². The number of aryl methyl sites for hydroxylation is 2. The first-order valence-corrected chi connectivity index (χ1v) is 16.0. The highest BCUT2D eigenvalue weighted by atomic mass is 35.5. The molecule has 2 aromatic rings. The molecule has 5 heteroatoms. The molecular formula is C36H46ClFN2O. The van der Waals surface area contributed by atoms with Crippen molar-refractivity contribution in [2.75, 3.05) is 6.54 Å². The Bertz CT molecular complexity index is 1240. The molecule has 1 unspecified atom stereocenters. The Morgan fingerprint density at radius 1 is 1.02 bits per heavy atom. The fourth-order valence-electron chi connectivity index (χ4n) is 6.03. The minimum absolute atomic E-state index is 0.0728. The fraction of sp³-hybridized carbons (Fsp3) is 0.500. The average molecular weight is 577 g/mol. The van der Waals surface area contributed by atoms with E-state index < -0.39 is 0 Å². The van der Waals surface area contributed by atoms with Gasteiger partial charge >= 0.3 is 0 Å². The molecule has 1 atom stereocenters. The number of benzene rings is 2. The number of unbranched alkanes of at least 4 members (excludes halogenated alkanes) is 1. The lowest BCUT2D eigenvalue weighted by molar-refractivity contribution is -0.118. The lowest BCUT2D eigenvalue weighted by Gasteiger charge is -2.21. The normalized spacial score (nSPS) is 20.1. The van der Waals surface area contributed by atoms with Crippen molar-refractivity contribution >= 4 is 23.6 Å². The number of rotatable bonds is 16. The standard InChI is InChI=1S/C36H46ClFN2O/c1-2-28-12-7-15-34(37)32(28)13-8-14-33(29-20-21-29)36-35(38)30(11-5-6-24-40-36)10-4-3-9-26-16-18-27(19-17-26)25-31(41)22-23-39/h7,11-12,15-19,24,29,33H,2-6,8-10,13-14,20-23,25,39H2,1H3/b30-11-,36-35+,40-24-. The van der Waals surface area contributed by atoms with Crippen LogP contribution < -0.4 is 5.73 Å². The highest BCUT2D eigenvalue weighted by Gasteiger charge is 2.35. The van der Waals surface area contributed by atoms with Gasteiger partial charge in [0.15, 0.2) is 0 Å². The van der Waals surface area contributed by atoms with E-state index in [1.165, 1.54) is 29.5 Å². The number of allylic oxidation sites excluding steroid dienone is 4. The van der Waals surface area contributed by atoms with Crippen LogP contribution in [0.1, 0.15) is 93.4 Å². The molecule has 220 valence electrons. The highest BCUT2D eigenvalue weighted by molar-refractivity contribution is 6.31. The molecule has 2 aromatic carbocycles. The number of ketones is 1. The number of carbonyl (C=O) groups excluding carboxylic acids is 1. The van der Waals surface area contributed by atoms with E-state index in [0.29, 0.717) is 31.0 Å². The molecule has 1 heterocycles. The Hall–Kier alpha value is -2.56. The van der Waals surface area contributed by atoms with Gasteiger partial charge in [0.1, 0.15) is 11.6 Å². The van der Waals surface area contributed by atoms with Crippen LogP contribution in [0.25, 0.3) is 0 Å². The van der Waals surface area contributed by atoms with Crippen LogP contribution >= 0.6 is 11.6 Å². The Morgan fingerprint density at radius 2 is 1.78 bits per heavy atom. The first kappa shape index (κ1) is 31.4. The molecule has 3 nitrogen and oxygen atoms in total. The van der Waals surface area contributed by atoms with Crippen LogP contribution in [0.2, 0.25) is 5.02 Å². The summed E-state index contributed by atoms with van der Waals surface area (Å²) in [5, 5.41) is 0.848. The number of Topliss-reactive ketones (excluding diaryl/α,β-unsaturated/α-hetero) is 1. The maximum absolute atomic E-state index is 16.1. The molecule has 1 aliphatic heterocycles. The van der Waals surface area contributed by atoms with Crippen molar-refractivity contribution in [2.24, 2.45) is 22.6 Å². The molecule has 2 N–H and O–H groups in total. The van der Waals surface area contributed by atoms with E-state index in [2.05, 4.69) is 31.2 Å². The maximum Gasteiger partial charge on any atom is 0.147 e. The van der Waals surface area contributed by atoms with E-state index in [-0.39, 0.29) is 17.5 Å². The Labute approximate surface area is 251 Å². The first-order valence-electron chi connectivity index (χ1n) is 15.7. The van der Waals surface area contributed by atoms with Crippen molar-refractivity contribution in [1.29, 1.82) is 0 Å². The van der Waals surface area contributed by atoms with E-state index in [1.54, 1.807) is 0 Å². The van der Waals surface area contributed by atoms with Gasteiger partial charge in [-0.1, -0.05) is 61.0 Å². The maximum atomic E-state index is 16.1. The zero-order valence-electron chi connectivity index (χ0n) is 24.6. The average Bonchev–Trinajstić information content (AvgIpc) is 3.80. The summed E-state index contributed by atoms with van der Waals surface area (Å²) < 4.78 is 16.1. The molecule has 0 amide bonds. The van der Waals surface area contributed by atoms with E-state index in [1.807, 2.05) is 30.5 Å². The SMILES string of the molecule is CCc1cccc(Cl)c1CCCC(C1=C(F)/C(CCCCc2ccc(CC(=O)CCN)cc2)=C\CC/C=N\1)C1CC1. The van der Waals surface area contributed by atoms with Crippen LogP contribution in [0.5, 0.6) is 0 Å². The van der Waals surface area contributed by atoms with Gasteiger partial charge in [0.05, 0.1) is 5.70 Å². The summed E-state index contributed by atoms with van der Waals surface area (Å²) in [6, 6.07) is 14.5. The molecule has 4 rings (SSSR count). The minimum atomic E-state index is -0.0728. The Balaban J connectivity index is 1.34. The van der Waals surface area contributed by atoms with E-state index in [4.69, 9.17) is 22.3 Å². The quantitative estimate of drug-likeness (QED) is 0.203. The van der Waals surface area contributed by atoms with Gasteiger partial charge in [-0.25, -0.2) is 4.39 Å². The monoisotopic (exact) mass is 576 g/mol. The van der Waals surface area contributed by atoms with Gasteiger partial charge in [-0.2, -0.15) is 0 Å². The topological polar surface area (TPSA) is 55.5 Å². The van der Waals surface area contributed by atoms with Crippen molar-refractivity contribution in [2.45, 2.75) is 96.8 Å². The first-order chi connectivity index (χ1) is 20.0. The van der Waals surface area contributed by atoms with Gasteiger partial charge in [-0.3, -0.25) is 9.79 Å². The van der Waals surface area contributed by atoms with Crippen molar-refractivity contribution in [1.82, 2.24) is 0 Å². The lowest BCUT2D eigenvalue weighted by atomic mass is 9.88. The summed E-state index contributed by atoms with van der Waals surface area (Å²) >= 11 is 6.55. The zero-order chi connectivity index (χ0) is 29.0. The van der Waals surface area contributed by atoms with Gasteiger partial charge in [-0.15, -0.1) is 0 Å². The second-order valence-electron chi connectivity index (χ2n) is 11.7. The van der Waals surface area contributed by atoms with Gasteiger partial charge in [0.25, 0.3) is 0 Å². The number of nitrogens with two attached hydrogens (primary N) is 1. The molecule has 41 heavy (non-hydrogen) atoms. The summed E-state index contributed by atoms with van der Waals surface area (Å²) in [7, 11) is 0. The molecule has 0 saturated heterocycles. The van der Waals surface area contributed by atoms with E-state index in [0.717, 1.165) is 80.4 Å². The van der Waals surface area contributed by atoms with Crippen LogP contribution in [0, 0.1) is 11.8 Å². The largest absolute Gasteiger partial charge is 0.330 e. The Kier molecular flexibility index (Phi) is 12.4. The van der Waals surface area contributed by atoms with Crippen LogP contribution in [0.4, 0.5) is 4.39 Å². The van der Waals surface area contributed by atoms with Crippen LogP contribution in [-0.4, -0.2) is 18.5 Å². The number of nitrogens with zero attached hydrogens (tertiary/aromatic N) is 1. The molecule has 0 aromatic heterocycles. The zero-order valence-corrected chi connectivity index (χ0v) is 25.4. The fourth-order valence-corrected chi connectivity index (χ4v) is 6.32. The molecule has 0 spiro atoms. The summed E-state index contributed by atoms with van der Waals surface area (Å²) in [5.41, 5.74) is 11.9. The third-order valence-corrected chi connectivity index (χ3v) is 8.87. The van der Waals surface area contributed by atoms with E-state index >= 15 is 4.39 Å². The lowest BCUT2D eigenvalue weighted by Crippen LogP contribution is -2.10. The molecule has 0 radical (unpaired) electrons. The highest BCUT2D eigenvalue weighted by Crippen LogP contribution is 2.46. The summed E-state index contributed by atoms with van der Waals surface area (Å²) in [6.07, 6.45) is 16.4. The molecule has 2 aliphatic rings. The van der Waals surface area contributed by atoms with Gasteiger partial charge in [0, 0.05) is 30.0 Å². The van der Waals surface area contributed by atoms with Crippen molar-refractivity contribution in [3.63, 3.8) is 0 Å². The molecular weight excluding hydrogens is 531 g/mol. The number of halogens is 2. The number of hydrogen-bond donors (Lipinski definition) is 1. The van der Waals surface area contributed by atoms with Gasteiger partial charge in [0.2, 0.25) is 0 Å². The molecule has 1 aliphatic carbocycles. The van der Waals surface area contributed by atoms with Gasteiger partial charge < -0.3 is 5.73 Å². The van der Waals surface area contributed by atoms with Crippen LogP contribution in [0.3, 0.4) is 0 Å². The number of hydrogen-bond acceptors (Lipinski definition) is 3. The molecule has 1 saturated carbocycles. The number of aliphatic imine (C=N–C) groups is 1. The Morgan fingerprint density at radius 3 is 2.51 bits per heavy atom. The second kappa shape index (κ2) is 16.2. The summed E-state index contributed by atoms with van der Waals surface area (Å²) in [4.78, 5) is 16.6. The van der Waals surface area contributed by atoms with E-state index in [9.17, 15) is 4.79 Å². The van der Waals surface area contributed by atoms with Crippen molar-refractivity contribution in [3.05, 3.63) is 92.9 Å². The van der Waals surface area contributed by atoms with Gasteiger partial charge in [-0.05, 0) is 123 Å². The summed E-state index contributed by atoms with van der Waals surface area (Å²) in [6.45, 7) is 2.58. The minimum Gasteiger partial charge on any atom is -0.330 e. The molecule has 1 fully saturated rings. The number of carbonyl (C=O) groups is 1. The van der Waals surface area contributed by atoms with Crippen LogP contribution in [0.15, 0.2) is 70.6 Å². The van der Waals surface area contributed by atoms with Crippen molar-refractivity contribution in [3.8, 4) is 0 Å². The molecule has 0 bridgehead atoms. The smallest absolute Gasteiger partial charge is 0.147 e. The predicted molar refractivity (Wildman–Crippen MR) is 170 cm³/mol. The third-order valence-electron chi connectivity index (χ3n) is 8.51.